The standard InChI is InChI=1S/C23H29FN2O4/c1-14(23-9-15-5-16(10-23)7-17(6-15)11-23)26-20(27)13-30-21(28)12-25-22(29)18-3-2-4-19(24)8-18/h2-4,8,14-17H,5-7,9-13H2,1H3,(H,25,29)(H,26,27)/t14-,15?,16?,17?,23?/m0/s1. The average molecular weight is 416 g/mol. The van der Waals surface area contributed by atoms with Gasteiger partial charge in [0.25, 0.3) is 11.8 Å². The smallest absolute Gasteiger partial charge is 0.325 e. The quantitative estimate of drug-likeness (QED) is 0.670. The molecule has 1 aromatic rings. The topological polar surface area (TPSA) is 84.5 Å². The van der Waals surface area contributed by atoms with Gasteiger partial charge in [-0.25, -0.2) is 4.39 Å². The van der Waals surface area contributed by atoms with Crippen LogP contribution in [0.5, 0.6) is 0 Å². The molecular weight excluding hydrogens is 387 g/mol. The Labute approximate surface area is 175 Å². The molecule has 0 unspecified atom stereocenters. The maximum absolute atomic E-state index is 13.2. The lowest BCUT2D eigenvalue weighted by Crippen LogP contribution is -2.56. The van der Waals surface area contributed by atoms with Crippen LogP contribution in [0.4, 0.5) is 4.39 Å². The van der Waals surface area contributed by atoms with Gasteiger partial charge in [-0.05, 0) is 86.8 Å². The van der Waals surface area contributed by atoms with E-state index in [-0.39, 0.29) is 36.1 Å². The molecule has 0 spiro atoms. The molecule has 0 radical (unpaired) electrons. The van der Waals surface area contributed by atoms with E-state index in [2.05, 4.69) is 17.6 Å². The first-order valence-corrected chi connectivity index (χ1v) is 10.8. The van der Waals surface area contributed by atoms with Crippen molar-refractivity contribution < 1.29 is 23.5 Å². The zero-order valence-electron chi connectivity index (χ0n) is 17.3. The summed E-state index contributed by atoms with van der Waals surface area (Å²) in [6.07, 6.45) is 7.60. The molecule has 4 bridgehead atoms. The first-order chi connectivity index (χ1) is 14.3. The number of hydrogen-bond acceptors (Lipinski definition) is 4. The van der Waals surface area contributed by atoms with Gasteiger partial charge in [0.05, 0.1) is 0 Å². The highest BCUT2D eigenvalue weighted by molar-refractivity contribution is 5.96. The summed E-state index contributed by atoms with van der Waals surface area (Å²) in [6.45, 7) is 1.32. The molecule has 4 aliphatic rings. The molecule has 1 atom stereocenters. The maximum Gasteiger partial charge on any atom is 0.325 e. The molecule has 2 amide bonds. The number of amides is 2. The Hall–Kier alpha value is -2.44. The number of rotatable bonds is 7. The molecule has 4 fully saturated rings. The van der Waals surface area contributed by atoms with Crippen molar-refractivity contribution in [1.29, 1.82) is 0 Å². The molecule has 0 saturated heterocycles. The van der Waals surface area contributed by atoms with Gasteiger partial charge in [0.15, 0.2) is 6.61 Å². The number of carbonyl (C=O) groups is 3. The van der Waals surface area contributed by atoms with Gasteiger partial charge in [0.2, 0.25) is 0 Å². The molecule has 2 N–H and O–H groups in total. The number of halogens is 1. The van der Waals surface area contributed by atoms with E-state index in [1.165, 1.54) is 56.7 Å². The fraction of sp³-hybridized carbons (Fsp3) is 0.609. The molecule has 4 saturated carbocycles. The Morgan fingerprint density at radius 3 is 2.37 bits per heavy atom. The molecule has 0 heterocycles. The molecule has 0 aromatic heterocycles. The number of esters is 1. The first kappa shape index (κ1) is 20.8. The van der Waals surface area contributed by atoms with Crippen LogP contribution in [-0.4, -0.2) is 37.0 Å². The van der Waals surface area contributed by atoms with E-state index in [9.17, 15) is 18.8 Å². The fourth-order valence-corrected chi connectivity index (χ4v) is 6.23. The summed E-state index contributed by atoms with van der Waals surface area (Å²) in [5.41, 5.74) is 0.304. The van der Waals surface area contributed by atoms with Crippen molar-refractivity contribution >= 4 is 17.8 Å². The van der Waals surface area contributed by atoms with Crippen molar-refractivity contribution in [3.05, 3.63) is 35.6 Å². The minimum atomic E-state index is -0.711. The Bertz CT molecular complexity index is 805. The van der Waals surface area contributed by atoms with Crippen LogP contribution in [0.2, 0.25) is 0 Å². The van der Waals surface area contributed by atoms with E-state index in [1.807, 2.05) is 0 Å². The van der Waals surface area contributed by atoms with E-state index < -0.39 is 17.7 Å². The van der Waals surface area contributed by atoms with Crippen LogP contribution >= 0.6 is 0 Å². The lowest BCUT2D eigenvalue weighted by atomic mass is 9.48. The van der Waals surface area contributed by atoms with Crippen LogP contribution in [-0.2, 0) is 14.3 Å². The van der Waals surface area contributed by atoms with Crippen molar-refractivity contribution in [2.45, 2.75) is 51.5 Å². The largest absolute Gasteiger partial charge is 0.454 e. The summed E-state index contributed by atoms with van der Waals surface area (Å²) in [6, 6.07) is 5.24. The number of hydrogen-bond donors (Lipinski definition) is 2. The Balaban J connectivity index is 1.20. The molecular formula is C23H29FN2O4. The Morgan fingerprint density at radius 2 is 1.77 bits per heavy atom. The van der Waals surface area contributed by atoms with Gasteiger partial charge in [-0.1, -0.05) is 6.07 Å². The summed E-state index contributed by atoms with van der Waals surface area (Å²) in [7, 11) is 0. The summed E-state index contributed by atoms with van der Waals surface area (Å²) in [5, 5.41) is 5.41. The highest BCUT2D eigenvalue weighted by Gasteiger charge is 2.53. The maximum atomic E-state index is 13.2. The van der Waals surface area contributed by atoms with Crippen LogP contribution in [0.1, 0.15) is 55.8 Å². The molecule has 162 valence electrons. The second-order valence-corrected chi connectivity index (χ2v) is 9.42. The van der Waals surface area contributed by atoms with Gasteiger partial charge >= 0.3 is 5.97 Å². The van der Waals surface area contributed by atoms with E-state index in [0.29, 0.717) is 0 Å². The van der Waals surface area contributed by atoms with E-state index in [4.69, 9.17) is 4.74 Å². The summed E-state index contributed by atoms with van der Waals surface area (Å²) < 4.78 is 18.2. The van der Waals surface area contributed by atoms with Gasteiger partial charge in [-0.15, -0.1) is 0 Å². The highest BCUT2D eigenvalue weighted by Crippen LogP contribution is 2.61. The van der Waals surface area contributed by atoms with Crippen LogP contribution in [0.15, 0.2) is 24.3 Å². The van der Waals surface area contributed by atoms with Crippen LogP contribution < -0.4 is 10.6 Å². The monoisotopic (exact) mass is 416 g/mol. The third-order valence-electron chi connectivity index (χ3n) is 7.23. The normalized spacial score (nSPS) is 29.9. The molecule has 4 aliphatic carbocycles. The average Bonchev–Trinajstić information content (AvgIpc) is 2.69. The van der Waals surface area contributed by atoms with Crippen molar-refractivity contribution in [1.82, 2.24) is 10.6 Å². The van der Waals surface area contributed by atoms with Crippen molar-refractivity contribution in [2.75, 3.05) is 13.2 Å². The van der Waals surface area contributed by atoms with E-state index in [1.54, 1.807) is 0 Å². The van der Waals surface area contributed by atoms with Crippen molar-refractivity contribution in [3.8, 4) is 0 Å². The van der Waals surface area contributed by atoms with Gasteiger partial charge in [0, 0.05) is 11.6 Å². The SMILES string of the molecule is C[C@H](NC(=O)COC(=O)CNC(=O)c1cccc(F)c1)C12CC3CC(CC(C3)C1)C2. The summed E-state index contributed by atoms with van der Waals surface area (Å²) in [5.74, 6) is 0.266. The first-order valence-electron chi connectivity index (χ1n) is 10.8. The van der Waals surface area contributed by atoms with Crippen LogP contribution in [0, 0.1) is 29.0 Å². The van der Waals surface area contributed by atoms with Crippen molar-refractivity contribution in [3.63, 3.8) is 0 Å². The summed E-state index contributed by atoms with van der Waals surface area (Å²) in [4.78, 5) is 36.1. The van der Waals surface area contributed by atoms with E-state index in [0.717, 1.165) is 23.8 Å². The fourth-order valence-electron chi connectivity index (χ4n) is 6.23. The van der Waals surface area contributed by atoms with E-state index >= 15 is 0 Å². The zero-order valence-corrected chi connectivity index (χ0v) is 17.3. The molecule has 6 nitrogen and oxygen atoms in total. The molecule has 5 rings (SSSR count). The number of benzene rings is 1. The zero-order chi connectivity index (χ0) is 21.3. The van der Waals surface area contributed by atoms with Crippen LogP contribution in [0.25, 0.3) is 0 Å². The predicted molar refractivity (Wildman–Crippen MR) is 108 cm³/mol. The second kappa shape index (κ2) is 8.36. The third-order valence-corrected chi connectivity index (χ3v) is 7.23. The van der Waals surface area contributed by atoms with Crippen LogP contribution in [0.3, 0.4) is 0 Å². The van der Waals surface area contributed by atoms with Gasteiger partial charge < -0.3 is 15.4 Å². The van der Waals surface area contributed by atoms with Gasteiger partial charge in [-0.2, -0.15) is 0 Å². The van der Waals surface area contributed by atoms with Crippen molar-refractivity contribution in [2.24, 2.45) is 23.2 Å². The molecule has 0 aliphatic heterocycles. The van der Waals surface area contributed by atoms with Gasteiger partial charge in [-0.3, -0.25) is 14.4 Å². The number of carbonyl (C=O) groups excluding carboxylic acids is 3. The third kappa shape index (κ3) is 4.50. The molecule has 7 heteroatoms. The minimum Gasteiger partial charge on any atom is -0.454 e. The van der Waals surface area contributed by atoms with Gasteiger partial charge in [0.1, 0.15) is 12.4 Å². The predicted octanol–water partition coefficient (Wildman–Crippen LogP) is 2.82. The molecule has 30 heavy (non-hydrogen) atoms. The summed E-state index contributed by atoms with van der Waals surface area (Å²) >= 11 is 0. The Morgan fingerprint density at radius 1 is 1.13 bits per heavy atom. The second-order valence-electron chi connectivity index (χ2n) is 9.42. The number of nitrogens with one attached hydrogen (secondary N) is 2. The molecule has 1 aromatic carbocycles. The number of ether oxygens (including phenoxy) is 1. The minimum absolute atomic E-state index is 0.0600. The lowest BCUT2D eigenvalue weighted by Gasteiger charge is -2.59. The lowest BCUT2D eigenvalue weighted by molar-refractivity contribution is -0.148. The highest BCUT2D eigenvalue weighted by atomic mass is 19.1. The Kier molecular flexibility index (Phi) is 5.80.